The van der Waals surface area contributed by atoms with Gasteiger partial charge in [0, 0.05) is 41.0 Å². The molecule has 0 unspecified atom stereocenters. The summed E-state index contributed by atoms with van der Waals surface area (Å²) in [5.74, 6) is -1.77. The Bertz CT molecular complexity index is 1320. The number of H-pyrrole nitrogens is 1. The molecule has 2 heterocycles. The van der Waals surface area contributed by atoms with E-state index in [2.05, 4.69) is 10.3 Å². The third-order valence-corrected chi connectivity index (χ3v) is 4.90. The van der Waals surface area contributed by atoms with Crippen molar-refractivity contribution in [3.8, 4) is 5.75 Å². The van der Waals surface area contributed by atoms with Crippen LogP contribution in [0.5, 0.6) is 5.75 Å². The Morgan fingerprint density at radius 3 is 2.67 bits per heavy atom. The van der Waals surface area contributed by atoms with E-state index in [0.29, 0.717) is 10.9 Å². The molecular formula is C22H18N2O6. The number of hydrogen-bond acceptors (Lipinski definition) is 5. The molecule has 2 aromatic heterocycles. The van der Waals surface area contributed by atoms with Crippen LogP contribution in [0.25, 0.3) is 21.9 Å². The van der Waals surface area contributed by atoms with Crippen molar-refractivity contribution in [3.63, 3.8) is 0 Å². The number of aromatic nitrogens is 1. The van der Waals surface area contributed by atoms with Crippen molar-refractivity contribution >= 4 is 33.7 Å². The van der Waals surface area contributed by atoms with Crippen molar-refractivity contribution < 1.29 is 24.2 Å². The summed E-state index contributed by atoms with van der Waals surface area (Å²) in [6.45, 7) is 0. The number of rotatable bonds is 6. The van der Waals surface area contributed by atoms with Crippen LogP contribution < -0.4 is 10.9 Å². The molecule has 1 amide bonds. The number of aliphatic carboxylic acids is 1. The van der Waals surface area contributed by atoms with Crippen molar-refractivity contribution in [1.29, 1.82) is 0 Å². The monoisotopic (exact) mass is 406 g/mol. The van der Waals surface area contributed by atoms with Crippen molar-refractivity contribution in [3.05, 3.63) is 76.3 Å². The number of carboxylic acids is 1. The number of aromatic amines is 1. The van der Waals surface area contributed by atoms with Gasteiger partial charge in [-0.2, -0.15) is 0 Å². The van der Waals surface area contributed by atoms with E-state index in [4.69, 9.17) is 4.42 Å². The second kappa shape index (κ2) is 7.75. The summed E-state index contributed by atoms with van der Waals surface area (Å²) in [7, 11) is 0. The molecule has 0 saturated heterocycles. The van der Waals surface area contributed by atoms with E-state index in [9.17, 15) is 24.6 Å². The maximum Gasteiger partial charge on any atom is 0.336 e. The highest BCUT2D eigenvalue weighted by Gasteiger charge is 2.22. The van der Waals surface area contributed by atoms with Crippen LogP contribution in [-0.2, 0) is 22.4 Å². The van der Waals surface area contributed by atoms with E-state index in [0.717, 1.165) is 16.5 Å². The number of amides is 1. The molecule has 30 heavy (non-hydrogen) atoms. The molecule has 8 heteroatoms. The maximum atomic E-state index is 12.6. The number of aromatic hydroxyl groups is 1. The quantitative estimate of drug-likeness (QED) is 0.363. The van der Waals surface area contributed by atoms with Gasteiger partial charge in [0.15, 0.2) is 0 Å². The van der Waals surface area contributed by atoms with Gasteiger partial charge in [-0.15, -0.1) is 0 Å². The average molecular weight is 406 g/mol. The first-order valence-corrected chi connectivity index (χ1v) is 9.23. The van der Waals surface area contributed by atoms with Crippen molar-refractivity contribution in [2.24, 2.45) is 0 Å². The molecule has 0 radical (unpaired) electrons. The van der Waals surface area contributed by atoms with Crippen molar-refractivity contribution in [2.45, 2.75) is 18.9 Å². The SMILES string of the molecule is O=C(Cc1cc(=O)oc2cc(O)ccc12)N[C@@H](Cc1c[nH]c2ccccc12)C(=O)O. The summed E-state index contributed by atoms with van der Waals surface area (Å²) in [5.41, 5.74) is 1.53. The predicted octanol–water partition coefficient (Wildman–Crippen LogP) is 2.33. The molecule has 4 rings (SSSR count). The van der Waals surface area contributed by atoms with Crippen LogP contribution in [0.3, 0.4) is 0 Å². The van der Waals surface area contributed by atoms with Gasteiger partial charge in [-0.05, 0) is 29.3 Å². The Balaban J connectivity index is 1.55. The van der Waals surface area contributed by atoms with Gasteiger partial charge >= 0.3 is 11.6 Å². The zero-order valence-electron chi connectivity index (χ0n) is 15.7. The fourth-order valence-corrected chi connectivity index (χ4v) is 3.50. The van der Waals surface area contributed by atoms with E-state index in [1.165, 1.54) is 24.3 Å². The largest absolute Gasteiger partial charge is 0.508 e. The van der Waals surface area contributed by atoms with Crippen molar-refractivity contribution in [2.75, 3.05) is 0 Å². The van der Waals surface area contributed by atoms with Gasteiger partial charge in [-0.3, -0.25) is 4.79 Å². The van der Waals surface area contributed by atoms with Gasteiger partial charge in [-0.1, -0.05) is 18.2 Å². The van der Waals surface area contributed by atoms with Gasteiger partial charge in [0.2, 0.25) is 5.91 Å². The van der Waals surface area contributed by atoms with Crippen LogP contribution in [0.4, 0.5) is 0 Å². The number of phenolic OH excluding ortho intramolecular Hbond substituents is 1. The Morgan fingerprint density at radius 2 is 1.87 bits per heavy atom. The van der Waals surface area contributed by atoms with E-state index in [1.807, 2.05) is 24.3 Å². The second-order valence-electron chi connectivity index (χ2n) is 6.97. The number of carboxylic acid groups (broad SMARTS) is 1. The number of fused-ring (bicyclic) bond motifs is 2. The summed E-state index contributed by atoms with van der Waals surface area (Å²) in [6.07, 6.45) is 1.64. The molecule has 1 atom stereocenters. The smallest absolute Gasteiger partial charge is 0.336 e. The first-order valence-electron chi connectivity index (χ1n) is 9.23. The first kappa shape index (κ1) is 19.3. The summed E-state index contributed by atoms with van der Waals surface area (Å²) < 4.78 is 5.05. The number of benzene rings is 2. The summed E-state index contributed by atoms with van der Waals surface area (Å²) >= 11 is 0. The number of hydrogen-bond donors (Lipinski definition) is 4. The lowest BCUT2D eigenvalue weighted by atomic mass is 10.0. The molecule has 4 N–H and O–H groups in total. The first-order chi connectivity index (χ1) is 14.4. The highest BCUT2D eigenvalue weighted by Crippen LogP contribution is 2.22. The molecule has 0 fully saturated rings. The molecule has 0 bridgehead atoms. The minimum Gasteiger partial charge on any atom is -0.508 e. The van der Waals surface area contributed by atoms with E-state index in [1.54, 1.807) is 6.20 Å². The van der Waals surface area contributed by atoms with Crippen LogP contribution in [0.1, 0.15) is 11.1 Å². The molecule has 0 aliphatic rings. The Morgan fingerprint density at radius 1 is 1.07 bits per heavy atom. The fraction of sp³-hybridized carbons (Fsp3) is 0.136. The minimum absolute atomic E-state index is 0.0723. The lowest BCUT2D eigenvalue weighted by molar-refractivity contribution is -0.141. The lowest BCUT2D eigenvalue weighted by Crippen LogP contribution is -2.43. The molecule has 0 aliphatic heterocycles. The zero-order chi connectivity index (χ0) is 21.3. The number of carbonyl (C=O) groups excluding carboxylic acids is 1. The molecule has 152 valence electrons. The van der Waals surface area contributed by atoms with Gasteiger partial charge in [-0.25, -0.2) is 9.59 Å². The molecule has 0 aliphatic carbocycles. The summed E-state index contributed by atoms with van der Waals surface area (Å²) in [4.78, 5) is 39.2. The highest BCUT2D eigenvalue weighted by atomic mass is 16.4. The van der Waals surface area contributed by atoms with Crippen LogP contribution in [0, 0.1) is 0 Å². The molecule has 0 saturated carbocycles. The van der Waals surface area contributed by atoms with E-state index >= 15 is 0 Å². The third kappa shape index (κ3) is 3.88. The predicted molar refractivity (Wildman–Crippen MR) is 109 cm³/mol. The van der Waals surface area contributed by atoms with E-state index in [-0.39, 0.29) is 24.2 Å². The average Bonchev–Trinajstić information content (AvgIpc) is 3.10. The minimum atomic E-state index is -1.16. The lowest BCUT2D eigenvalue weighted by Gasteiger charge is -2.15. The number of phenols is 1. The highest BCUT2D eigenvalue weighted by molar-refractivity contribution is 5.90. The van der Waals surface area contributed by atoms with Crippen LogP contribution >= 0.6 is 0 Å². The Hall–Kier alpha value is -4.07. The maximum absolute atomic E-state index is 12.6. The number of nitrogens with one attached hydrogen (secondary N) is 2. The van der Waals surface area contributed by atoms with Gasteiger partial charge in [0.05, 0.1) is 6.42 Å². The normalized spacial score (nSPS) is 12.1. The van der Waals surface area contributed by atoms with Crippen LogP contribution in [-0.4, -0.2) is 33.1 Å². The Kier molecular flexibility index (Phi) is 4.97. The second-order valence-corrected chi connectivity index (χ2v) is 6.97. The van der Waals surface area contributed by atoms with Crippen molar-refractivity contribution in [1.82, 2.24) is 10.3 Å². The molecular weight excluding hydrogens is 388 g/mol. The number of para-hydroxylation sites is 1. The van der Waals surface area contributed by atoms with Crippen LogP contribution in [0.15, 0.2) is 63.9 Å². The molecule has 4 aromatic rings. The van der Waals surface area contributed by atoms with Crippen LogP contribution in [0.2, 0.25) is 0 Å². The zero-order valence-corrected chi connectivity index (χ0v) is 15.7. The van der Waals surface area contributed by atoms with E-state index < -0.39 is 23.5 Å². The standard InChI is InChI=1S/C22H18N2O6/c25-14-5-6-16-12(9-21(27)30-19(16)10-14)8-20(26)24-18(22(28)29)7-13-11-23-17-4-2-1-3-15(13)17/h1-6,9-11,18,23,25H,7-8H2,(H,24,26)(H,28,29)/t18-/m0/s1. The third-order valence-electron chi connectivity index (χ3n) is 4.90. The van der Waals surface area contributed by atoms with Gasteiger partial charge in [0.1, 0.15) is 17.4 Å². The van der Waals surface area contributed by atoms with Gasteiger partial charge < -0.3 is 24.9 Å². The molecule has 8 nitrogen and oxygen atoms in total. The summed E-state index contributed by atoms with van der Waals surface area (Å²) in [5, 5.41) is 23.1. The molecule has 2 aromatic carbocycles. The fourth-order valence-electron chi connectivity index (χ4n) is 3.50. The topological polar surface area (TPSA) is 133 Å². The Labute approximate surface area is 169 Å². The van der Waals surface area contributed by atoms with Gasteiger partial charge in [0.25, 0.3) is 0 Å². The summed E-state index contributed by atoms with van der Waals surface area (Å²) in [6, 6.07) is 11.8. The number of carbonyl (C=O) groups is 2. The molecule has 0 spiro atoms.